The molecule has 0 saturated carbocycles. The Morgan fingerprint density at radius 1 is 1.13 bits per heavy atom. The van der Waals surface area contributed by atoms with E-state index < -0.39 is 0 Å². The van der Waals surface area contributed by atoms with E-state index >= 15 is 0 Å². The molecule has 0 fully saturated rings. The number of benzene rings is 2. The molecule has 0 aliphatic heterocycles. The number of nitriles is 1. The Bertz CT molecular complexity index is 736. The van der Waals surface area contributed by atoms with Crippen LogP contribution in [-0.2, 0) is 4.79 Å². The van der Waals surface area contributed by atoms with Crippen LogP contribution in [0.2, 0.25) is 0 Å². The minimum Gasteiger partial charge on any atom is -0.384 e. The van der Waals surface area contributed by atoms with Crippen LogP contribution in [0.3, 0.4) is 0 Å². The molecule has 4 nitrogen and oxygen atoms in total. The minimum atomic E-state index is -0.0241. The summed E-state index contributed by atoms with van der Waals surface area (Å²) >= 11 is 0. The summed E-state index contributed by atoms with van der Waals surface area (Å²) in [5.74, 6) is -0.0241. The van der Waals surface area contributed by atoms with Crippen LogP contribution in [0.25, 0.3) is 0 Å². The summed E-state index contributed by atoms with van der Waals surface area (Å²) in [6, 6.07) is 13.4. The second kappa shape index (κ2) is 7.46. The van der Waals surface area contributed by atoms with Gasteiger partial charge in [0, 0.05) is 24.3 Å². The summed E-state index contributed by atoms with van der Waals surface area (Å²) in [5.41, 5.74) is 5.69. The molecule has 2 N–H and O–H groups in total. The average Bonchev–Trinajstić information content (AvgIpc) is 2.51. The van der Waals surface area contributed by atoms with Gasteiger partial charge in [0.15, 0.2) is 0 Å². The van der Waals surface area contributed by atoms with Crippen LogP contribution >= 0.6 is 0 Å². The van der Waals surface area contributed by atoms with E-state index in [9.17, 15) is 4.79 Å². The predicted molar refractivity (Wildman–Crippen MR) is 93.5 cm³/mol. The van der Waals surface area contributed by atoms with E-state index in [2.05, 4.69) is 28.8 Å². The fourth-order valence-electron chi connectivity index (χ4n) is 2.60. The predicted octanol–water partition coefficient (Wildman–Crippen LogP) is 3.92. The van der Waals surface area contributed by atoms with Crippen molar-refractivity contribution < 1.29 is 4.79 Å². The van der Waals surface area contributed by atoms with E-state index in [0.717, 1.165) is 22.5 Å². The van der Waals surface area contributed by atoms with Crippen molar-refractivity contribution in [2.75, 3.05) is 17.2 Å². The Labute approximate surface area is 137 Å². The molecule has 0 atom stereocenters. The quantitative estimate of drug-likeness (QED) is 0.879. The van der Waals surface area contributed by atoms with E-state index in [4.69, 9.17) is 5.26 Å². The zero-order valence-corrected chi connectivity index (χ0v) is 13.7. The lowest BCUT2D eigenvalue weighted by molar-refractivity contribution is -0.115. The maximum absolute atomic E-state index is 12.1. The Morgan fingerprint density at radius 2 is 1.83 bits per heavy atom. The highest BCUT2D eigenvalue weighted by Crippen LogP contribution is 2.22. The number of hydrogen-bond donors (Lipinski definition) is 2. The second-order valence-corrected chi connectivity index (χ2v) is 5.69. The smallest absolute Gasteiger partial charge is 0.226 e. The van der Waals surface area contributed by atoms with Gasteiger partial charge in [-0.15, -0.1) is 0 Å². The van der Waals surface area contributed by atoms with Gasteiger partial charge in [0.2, 0.25) is 5.91 Å². The van der Waals surface area contributed by atoms with Crippen LogP contribution in [0, 0.1) is 32.1 Å². The topological polar surface area (TPSA) is 64.9 Å². The van der Waals surface area contributed by atoms with Crippen molar-refractivity contribution in [3.05, 3.63) is 58.7 Å². The molecule has 1 amide bonds. The summed E-state index contributed by atoms with van der Waals surface area (Å²) in [4.78, 5) is 12.1. The number of amides is 1. The fraction of sp³-hybridized carbons (Fsp3) is 0.263. The van der Waals surface area contributed by atoms with Crippen LogP contribution in [0.1, 0.15) is 28.7 Å². The van der Waals surface area contributed by atoms with Crippen molar-refractivity contribution in [1.29, 1.82) is 5.26 Å². The molecule has 0 radical (unpaired) electrons. The third-order valence-electron chi connectivity index (χ3n) is 3.61. The van der Waals surface area contributed by atoms with Gasteiger partial charge in [-0.1, -0.05) is 23.8 Å². The van der Waals surface area contributed by atoms with Crippen LogP contribution in [0.4, 0.5) is 11.4 Å². The van der Waals surface area contributed by atoms with Crippen LogP contribution in [0.5, 0.6) is 0 Å². The number of aryl methyl sites for hydroxylation is 3. The van der Waals surface area contributed by atoms with E-state index in [1.807, 2.05) is 32.9 Å². The van der Waals surface area contributed by atoms with Gasteiger partial charge in [0.25, 0.3) is 0 Å². The van der Waals surface area contributed by atoms with E-state index in [1.54, 1.807) is 12.1 Å². The van der Waals surface area contributed by atoms with E-state index in [-0.39, 0.29) is 5.91 Å². The molecule has 2 aromatic carbocycles. The minimum absolute atomic E-state index is 0.0241. The van der Waals surface area contributed by atoms with Gasteiger partial charge in [-0.2, -0.15) is 5.26 Å². The summed E-state index contributed by atoms with van der Waals surface area (Å²) in [7, 11) is 0. The first kappa shape index (κ1) is 16.6. The van der Waals surface area contributed by atoms with Crippen molar-refractivity contribution in [2.24, 2.45) is 0 Å². The van der Waals surface area contributed by atoms with Crippen molar-refractivity contribution in [1.82, 2.24) is 0 Å². The Hall–Kier alpha value is -2.80. The molecule has 0 heterocycles. The molecule has 0 bridgehead atoms. The molecule has 0 aromatic heterocycles. The Kier molecular flexibility index (Phi) is 5.37. The van der Waals surface area contributed by atoms with Gasteiger partial charge < -0.3 is 10.6 Å². The average molecular weight is 307 g/mol. The number of anilines is 2. The van der Waals surface area contributed by atoms with E-state index in [1.165, 1.54) is 5.56 Å². The number of hydrogen-bond acceptors (Lipinski definition) is 3. The molecule has 0 aliphatic rings. The van der Waals surface area contributed by atoms with Gasteiger partial charge in [0.1, 0.15) is 0 Å². The number of nitrogens with zero attached hydrogens (tertiary/aromatic N) is 1. The van der Waals surface area contributed by atoms with Gasteiger partial charge in [-0.3, -0.25) is 4.79 Å². The maximum atomic E-state index is 12.1. The standard InChI is InChI=1S/C19H21N3O/c1-13-9-14(2)19(15(3)10-13)22-18(23)7-8-21-17-6-4-5-16(11-17)12-20/h4-6,9-11,21H,7-8H2,1-3H3,(H,22,23). The highest BCUT2D eigenvalue weighted by molar-refractivity contribution is 5.92. The molecule has 2 aromatic rings. The largest absolute Gasteiger partial charge is 0.384 e. The molecule has 0 unspecified atom stereocenters. The summed E-state index contributed by atoms with van der Waals surface area (Å²) in [5, 5.41) is 15.0. The number of carbonyl (C=O) groups is 1. The molecule has 0 saturated heterocycles. The first-order valence-electron chi connectivity index (χ1n) is 7.61. The zero-order chi connectivity index (χ0) is 16.8. The highest BCUT2D eigenvalue weighted by atomic mass is 16.1. The highest BCUT2D eigenvalue weighted by Gasteiger charge is 2.08. The van der Waals surface area contributed by atoms with Gasteiger partial charge in [-0.05, 0) is 50.1 Å². The van der Waals surface area contributed by atoms with Gasteiger partial charge in [-0.25, -0.2) is 0 Å². The monoisotopic (exact) mass is 307 g/mol. The third-order valence-corrected chi connectivity index (χ3v) is 3.61. The van der Waals surface area contributed by atoms with Crippen molar-refractivity contribution in [2.45, 2.75) is 27.2 Å². The molecule has 0 spiro atoms. The third kappa shape index (κ3) is 4.58. The molecule has 23 heavy (non-hydrogen) atoms. The molecule has 2 rings (SSSR count). The molecular formula is C19H21N3O. The summed E-state index contributed by atoms with van der Waals surface area (Å²) in [6.45, 7) is 6.57. The lowest BCUT2D eigenvalue weighted by atomic mass is 10.1. The van der Waals surface area contributed by atoms with Crippen molar-refractivity contribution in [3.8, 4) is 6.07 Å². The van der Waals surface area contributed by atoms with Crippen LogP contribution in [0.15, 0.2) is 36.4 Å². The first-order chi connectivity index (χ1) is 11.0. The lowest BCUT2D eigenvalue weighted by Gasteiger charge is -2.13. The van der Waals surface area contributed by atoms with E-state index in [0.29, 0.717) is 18.5 Å². The van der Waals surface area contributed by atoms with Gasteiger partial charge in [0.05, 0.1) is 11.6 Å². The molecular weight excluding hydrogens is 286 g/mol. The maximum Gasteiger partial charge on any atom is 0.226 e. The first-order valence-corrected chi connectivity index (χ1v) is 7.61. The molecule has 118 valence electrons. The molecule has 4 heteroatoms. The van der Waals surface area contributed by atoms with Crippen molar-refractivity contribution >= 4 is 17.3 Å². The SMILES string of the molecule is Cc1cc(C)c(NC(=O)CCNc2cccc(C#N)c2)c(C)c1. The normalized spacial score (nSPS) is 10.0. The number of rotatable bonds is 5. The van der Waals surface area contributed by atoms with Crippen LogP contribution < -0.4 is 10.6 Å². The van der Waals surface area contributed by atoms with Crippen LogP contribution in [-0.4, -0.2) is 12.5 Å². The second-order valence-electron chi connectivity index (χ2n) is 5.69. The summed E-state index contributed by atoms with van der Waals surface area (Å²) < 4.78 is 0. The summed E-state index contributed by atoms with van der Waals surface area (Å²) in [6.07, 6.45) is 0.365. The number of carbonyl (C=O) groups excluding carboxylic acids is 1. The Balaban J connectivity index is 1.90. The fourth-order valence-corrected chi connectivity index (χ4v) is 2.60. The molecule has 0 aliphatic carbocycles. The zero-order valence-electron chi connectivity index (χ0n) is 13.7. The van der Waals surface area contributed by atoms with Gasteiger partial charge >= 0.3 is 0 Å². The number of nitrogens with one attached hydrogen (secondary N) is 2. The van der Waals surface area contributed by atoms with Crippen molar-refractivity contribution in [3.63, 3.8) is 0 Å². The Morgan fingerprint density at radius 3 is 2.48 bits per heavy atom. The lowest BCUT2D eigenvalue weighted by Crippen LogP contribution is -2.17.